The Hall–Kier alpha value is -1.33. The van der Waals surface area contributed by atoms with Gasteiger partial charge in [-0.05, 0) is 103 Å². The van der Waals surface area contributed by atoms with E-state index in [0.29, 0.717) is 11.4 Å². The normalized spacial score (nSPS) is 24.7. The molecule has 0 saturated carbocycles. The largest absolute Gasteiger partial charge is 0.518 e. The van der Waals surface area contributed by atoms with Gasteiger partial charge in [0.25, 0.3) is 0 Å². The molecule has 9 nitrogen and oxygen atoms in total. The third-order valence-corrected chi connectivity index (χ3v) is 8.78. The van der Waals surface area contributed by atoms with Gasteiger partial charge in [-0.3, -0.25) is 9.59 Å². The van der Waals surface area contributed by atoms with E-state index in [4.69, 9.17) is 27.2 Å². The van der Waals surface area contributed by atoms with Crippen molar-refractivity contribution >= 4 is 50.8 Å². The first kappa shape index (κ1) is 33.9. The van der Waals surface area contributed by atoms with Crippen LogP contribution in [0.3, 0.4) is 0 Å². The van der Waals surface area contributed by atoms with E-state index in [1.165, 1.54) is 6.92 Å². The number of nitrogens with one attached hydrogen (secondary N) is 1. The maximum atomic E-state index is 13.6. The van der Waals surface area contributed by atoms with Gasteiger partial charge in [0.05, 0.1) is 0 Å². The van der Waals surface area contributed by atoms with Crippen LogP contribution in [0.5, 0.6) is 5.75 Å². The van der Waals surface area contributed by atoms with Crippen molar-refractivity contribution in [3.05, 3.63) is 24.3 Å². The lowest BCUT2D eigenvalue weighted by Gasteiger charge is -2.49. The first-order valence-electron chi connectivity index (χ1n) is 13.5. The summed E-state index contributed by atoms with van der Waals surface area (Å²) in [5, 5.41) is 2.75. The van der Waals surface area contributed by atoms with Crippen molar-refractivity contribution in [2.24, 2.45) is 0 Å². The molecule has 1 amide bonds. The highest BCUT2D eigenvalue weighted by molar-refractivity contribution is 6.71. The Balaban J connectivity index is 2.59. The van der Waals surface area contributed by atoms with Crippen molar-refractivity contribution in [1.29, 1.82) is 0 Å². The maximum Gasteiger partial charge on any atom is 0.324 e. The van der Waals surface area contributed by atoms with Crippen molar-refractivity contribution in [3.63, 3.8) is 0 Å². The average molecular weight is 616 g/mol. The zero-order valence-corrected chi connectivity index (χ0v) is 30.0. The highest BCUT2D eigenvalue weighted by Crippen LogP contribution is 2.35. The second kappa shape index (κ2) is 12.7. The molecule has 0 aromatic heterocycles. The molecule has 0 bridgehead atoms. The molecule has 1 heterocycles. The average Bonchev–Trinajstić information content (AvgIpc) is 2.69. The molecule has 1 aromatic rings. The van der Waals surface area contributed by atoms with Gasteiger partial charge in [-0.2, -0.15) is 0 Å². The summed E-state index contributed by atoms with van der Waals surface area (Å²) in [4.78, 5) is 25.0. The molecular weight excluding hydrogens is 567 g/mol. The van der Waals surface area contributed by atoms with E-state index in [-0.39, 0.29) is 5.91 Å². The number of ether oxygens (including phenoxy) is 2. The fourth-order valence-electron chi connectivity index (χ4n) is 4.02. The third kappa shape index (κ3) is 12.0. The summed E-state index contributed by atoms with van der Waals surface area (Å²) in [7, 11) is -8.72. The summed E-state index contributed by atoms with van der Waals surface area (Å²) in [5.41, 5.74) is 0.648. The van der Waals surface area contributed by atoms with Gasteiger partial charge in [-0.1, -0.05) is 0 Å². The third-order valence-electron chi connectivity index (χ3n) is 5.03. The van der Waals surface area contributed by atoms with E-state index in [2.05, 4.69) is 64.2 Å². The molecule has 13 heteroatoms. The van der Waals surface area contributed by atoms with Crippen LogP contribution in [0, 0.1) is 0 Å². The summed E-state index contributed by atoms with van der Waals surface area (Å²) in [6, 6.07) is 6.99. The van der Waals surface area contributed by atoms with Gasteiger partial charge in [0.15, 0.2) is 31.1 Å². The van der Waals surface area contributed by atoms with Crippen molar-refractivity contribution in [3.8, 4) is 5.75 Å². The van der Waals surface area contributed by atoms with E-state index in [1.807, 2.05) is 19.6 Å². The lowest BCUT2D eigenvalue weighted by atomic mass is 9.99. The standard InChI is InChI=1S/C26H49NO8Si4/c1-18(28)27-19-14-16-20(17-15-19)30-26-24(34-38(8,9)10)22(33-37(5,6)7)21(32-36(2,3)4)23(31-26)25(29)35-39(11,12)13/h14-17,21-24,26H,1-13H3,(H,27,28). The van der Waals surface area contributed by atoms with E-state index >= 15 is 0 Å². The summed E-state index contributed by atoms with van der Waals surface area (Å²) >= 11 is 0. The van der Waals surface area contributed by atoms with E-state index in [1.54, 1.807) is 24.3 Å². The van der Waals surface area contributed by atoms with Gasteiger partial charge in [0.1, 0.15) is 24.1 Å². The van der Waals surface area contributed by atoms with Crippen molar-refractivity contribution in [2.45, 2.75) is 116 Å². The summed E-state index contributed by atoms with van der Waals surface area (Å²) < 4.78 is 38.8. The fraction of sp³-hybridized carbons (Fsp3) is 0.692. The number of benzene rings is 1. The zero-order chi connectivity index (χ0) is 30.0. The Morgan fingerprint density at radius 3 is 1.59 bits per heavy atom. The zero-order valence-electron chi connectivity index (χ0n) is 26.0. The fourth-order valence-corrected chi connectivity index (χ4v) is 7.96. The summed E-state index contributed by atoms with van der Waals surface area (Å²) in [5.74, 6) is -0.124. The predicted molar refractivity (Wildman–Crippen MR) is 164 cm³/mol. The highest BCUT2D eigenvalue weighted by atomic mass is 28.4. The molecule has 39 heavy (non-hydrogen) atoms. The SMILES string of the molecule is CC(=O)Nc1ccc(OC2OC(C(=O)O[Si](C)(C)C)C(O[Si](C)(C)C)C(O[Si](C)(C)C)C2O[Si](C)(C)C)cc1. The topological polar surface area (TPSA) is 102 Å². The molecular formula is C26H49NO8Si4. The molecule has 0 spiro atoms. The second-order valence-electron chi connectivity index (χ2n) is 13.9. The minimum Gasteiger partial charge on any atom is -0.518 e. The molecule has 1 saturated heterocycles. The van der Waals surface area contributed by atoms with Crippen LogP contribution in [0.15, 0.2) is 24.3 Å². The highest BCUT2D eigenvalue weighted by Gasteiger charge is 2.55. The van der Waals surface area contributed by atoms with Crippen LogP contribution in [0.2, 0.25) is 78.6 Å². The Labute approximate surface area is 238 Å². The number of carbonyl (C=O) groups excluding carboxylic acids is 2. The van der Waals surface area contributed by atoms with E-state index < -0.39 is 69.9 Å². The summed E-state index contributed by atoms with van der Waals surface area (Å²) in [6.07, 6.45) is -3.96. The van der Waals surface area contributed by atoms with Crippen LogP contribution in [0.4, 0.5) is 5.69 Å². The maximum absolute atomic E-state index is 13.6. The van der Waals surface area contributed by atoms with Crippen LogP contribution >= 0.6 is 0 Å². The number of carbonyl (C=O) groups is 2. The minimum atomic E-state index is -2.24. The van der Waals surface area contributed by atoms with Crippen molar-refractivity contribution < 1.29 is 36.8 Å². The first-order valence-corrected chi connectivity index (χ1v) is 27.1. The predicted octanol–water partition coefficient (Wildman–Crippen LogP) is 5.79. The number of rotatable bonds is 11. The first-order chi connectivity index (χ1) is 17.5. The summed E-state index contributed by atoms with van der Waals surface area (Å²) in [6.45, 7) is 26.2. The Morgan fingerprint density at radius 1 is 0.692 bits per heavy atom. The molecule has 0 aliphatic carbocycles. The van der Waals surface area contributed by atoms with Gasteiger partial charge >= 0.3 is 5.97 Å². The molecule has 1 fully saturated rings. The smallest absolute Gasteiger partial charge is 0.324 e. The molecule has 1 aliphatic rings. The van der Waals surface area contributed by atoms with Gasteiger partial charge in [0, 0.05) is 12.6 Å². The van der Waals surface area contributed by atoms with Crippen molar-refractivity contribution in [1.82, 2.24) is 0 Å². The monoisotopic (exact) mass is 615 g/mol. The molecule has 1 aromatic carbocycles. The number of hydrogen-bond donors (Lipinski definition) is 1. The van der Waals surface area contributed by atoms with Crippen LogP contribution in [-0.4, -0.2) is 75.9 Å². The van der Waals surface area contributed by atoms with Crippen LogP contribution in [-0.2, 0) is 32.0 Å². The molecule has 2 rings (SSSR count). The quantitative estimate of drug-likeness (QED) is 0.312. The molecule has 1 N–H and O–H groups in total. The molecule has 222 valence electrons. The minimum absolute atomic E-state index is 0.161. The molecule has 0 radical (unpaired) electrons. The molecule has 1 aliphatic heterocycles. The van der Waals surface area contributed by atoms with Crippen LogP contribution in [0.1, 0.15) is 6.92 Å². The number of amides is 1. The van der Waals surface area contributed by atoms with Gasteiger partial charge in [0.2, 0.25) is 20.5 Å². The van der Waals surface area contributed by atoms with Gasteiger partial charge < -0.3 is 32.5 Å². The Kier molecular flexibility index (Phi) is 11.0. The van der Waals surface area contributed by atoms with Crippen molar-refractivity contribution in [2.75, 3.05) is 5.32 Å². The Bertz CT molecular complexity index is 980. The molecule has 5 unspecified atom stereocenters. The number of hydrogen-bond acceptors (Lipinski definition) is 8. The van der Waals surface area contributed by atoms with Gasteiger partial charge in [-0.25, -0.2) is 0 Å². The van der Waals surface area contributed by atoms with E-state index in [0.717, 1.165) is 0 Å². The lowest BCUT2D eigenvalue weighted by Crippen LogP contribution is -2.68. The van der Waals surface area contributed by atoms with E-state index in [9.17, 15) is 9.59 Å². The van der Waals surface area contributed by atoms with Crippen LogP contribution < -0.4 is 10.1 Å². The number of anilines is 1. The lowest BCUT2D eigenvalue weighted by molar-refractivity contribution is -0.260. The second-order valence-corrected chi connectivity index (χ2v) is 31.7. The Morgan fingerprint density at radius 2 is 1.15 bits per heavy atom. The van der Waals surface area contributed by atoms with Crippen LogP contribution in [0.25, 0.3) is 0 Å². The van der Waals surface area contributed by atoms with Gasteiger partial charge in [-0.15, -0.1) is 0 Å². The molecule has 5 atom stereocenters.